The highest BCUT2D eigenvalue weighted by Crippen LogP contribution is 2.33. The second-order valence-corrected chi connectivity index (χ2v) is 7.95. The summed E-state index contributed by atoms with van der Waals surface area (Å²) in [7, 11) is 0. The van der Waals surface area contributed by atoms with Crippen molar-refractivity contribution in [3.05, 3.63) is 126 Å². The van der Waals surface area contributed by atoms with Crippen LogP contribution in [0, 0.1) is 0 Å². The van der Waals surface area contributed by atoms with Crippen molar-refractivity contribution in [3.8, 4) is 0 Å². The van der Waals surface area contributed by atoms with Crippen LogP contribution in [-0.4, -0.2) is 10.9 Å². The summed E-state index contributed by atoms with van der Waals surface area (Å²) in [4.78, 5) is 16.7. The van der Waals surface area contributed by atoms with E-state index in [0.717, 1.165) is 29.7 Å². The zero-order chi connectivity index (χ0) is 26.6. The molecule has 0 aliphatic carbocycles. The number of carbonyl (C=O) groups is 1. The second kappa shape index (κ2) is 10.3. The summed E-state index contributed by atoms with van der Waals surface area (Å²) in [6, 6.07) is 17.2. The number of halogens is 6. The lowest BCUT2D eigenvalue weighted by atomic mass is 9.95. The molecule has 3 aromatic carbocycles. The minimum atomic E-state index is -4.54. The zero-order valence-corrected chi connectivity index (χ0v) is 18.9. The van der Waals surface area contributed by atoms with E-state index in [1.165, 1.54) is 42.5 Å². The highest BCUT2D eigenvalue weighted by molar-refractivity contribution is 6.05. The molecule has 0 radical (unpaired) electrons. The number of alkyl halides is 6. The average molecular weight is 512 g/mol. The van der Waals surface area contributed by atoms with Crippen molar-refractivity contribution in [1.82, 2.24) is 4.98 Å². The molecule has 0 saturated carbocycles. The Kier molecular flexibility index (Phi) is 7.15. The molecule has 0 unspecified atom stereocenters. The Balaban J connectivity index is 1.63. The molecule has 0 atom stereocenters. The maximum Gasteiger partial charge on any atom is 0.416 e. The van der Waals surface area contributed by atoms with E-state index in [1.54, 1.807) is 36.5 Å². The van der Waals surface area contributed by atoms with Crippen molar-refractivity contribution < 1.29 is 31.1 Å². The van der Waals surface area contributed by atoms with E-state index in [1.807, 2.05) is 0 Å². The number of carbonyl (C=O) groups excluding carboxylic acids is 1. The molecule has 188 valence electrons. The third kappa shape index (κ3) is 6.24. The van der Waals surface area contributed by atoms with E-state index in [2.05, 4.69) is 10.3 Å². The fourth-order valence-corrected chi connectivity index (χ4v) is 3.66. The van der Waals surface area contributed by atoms with Gasteiger partial charge in [0.15, 0.2) is 0 Å². The van der Waals surface area contributed by atoms with Gasteiger partial charge in [0.1, 0.15) is 0 Å². The SMILES string of the molecule is O=C(C=CC=C(c1ccc(C(F)(F)F)cc1)c1ccc(C(F)(F)F)cc1)Nc1cccc2ncccc12. The number of fused-ring (bicyclic) bond motifs is 1. The number of nitrogens with zero attached hydrogens (tertiary/aromatic N) is 1. The molecule has 1 N–H and O–H groups in total. The number of hydrogen-bond donors (Lipinski definition) is 1. The smallest absolute Gasteiger partial charge is 0.322 e. The molecule has 0 bridgehead atoms. The zero-order valence-electron chi connectivity index (χ0n) is 18.9. The van der Waals surface area contributed by atoms with Gasteiger partial charge in [-0.2, -0.15) is 26.3 Å². The van der Waals surface area contributed by atoms with E-state index in [0.29, 0.717) is 27.9 Å². The summed E-state index contributed by atoms with van der Waals surface area (Å²) in [6.45, 7) is 0. The normalized spacial score (nSPS) is 12.1. The Morgan fingerprint density at radius 2 is 1.30 bits per heavy atom. The molecule has 4 rings (SSSR count). The molecule has 0 spiro atoms. The van der Waals surface area contributed by atoms with Crippen LogP contribution in [0.2, 0.25) is 0 Å². The van der Waals surface area contributed by atoms with Crippen LogP contribution in [0.1, 0.15) is 22.3 Å². The van der Waals surface area contributed by atoms with Crippen LogP contribution in [-0.2, 0) is 17.1 Å². The molecular weight excluding hydrogens is 494 g/mol. The predicted octanol–water partition coefficient (Wildman–Crippen LogP) is 7.90. The van der Waals surface area contributed by atoms with Crippen LogP contribution < -0.4 is 5.32 Å². The van der Waals surface area contributed by atoms with Gasteiger partial charge in [0.05, 0.1) is 22.3 Å². The molecule has 0 fully saturated rings. The Morgan fingerprint density at radius 3 is 1.84 bits per heavy atom. The van der Waals surface area contributed by atoms with Gasteiger partial charge >= 0.3 is 12.4 Å². The Bertz CT molecular complexity index is 1400. The summed E-state index contributed by atoms with van der Waals surface area (Å²) in [6.07, 6.45) is -3.40. The Labute approximate surface area is 207 Å². The lowest BCUT2D eigenvalue weighted by Crippen LogP contribution is -2.08. The van der Waals surface area contributed by atoms with Crippen LogP contribution >= 0.6 is 0 Å². The fraction of sp³-hybridized carbons (Fsp3) is 0.0714. The lowest BCUT2D eigenvalue weighted by molar-refractivity contribution is -0.138. The standard InChI is InChI=1S/C28H18F6N2O/c29-27(30,31)20-13-9-18(10-14-20)22(19-11-15-21(16-12-19)28(32,33)34)4-1-8-26(37)36-25-7-2-6-24-23(25)5-3-17-35-24/h1-17H,(H,36,37). The largest absolute Gasteiger partial charge is 0.416 e. The van der Waals surface area contributed by atoms with Crippen molar-refractivity contribution in [1.29, 1.82) is 0 Å². The second-order valence-electron chi connectivity index (χ2n) is 7.95. The van der Waals surface area contributed by atoms with Crippen LogP contribution in [0.4, 0.5) is 32.0 Å². The van der Waals surface area contributed by atoms with E-state index in [9.17, 15) is 31.1 Å². The highest BCUT2D eigenvalue weighted by Gasteiger charge is 2.31. The first-order valence-corrected chi connectivity index (χ1v) is 10.9. The third-order valence-electron chi connectivity index (χ3n) is 5.46. The first-order valence-electron chi connectivity index (χ1n) is 10.9. The third-order valence-corrected chi connectivity index (χ3v) is 5.46. The minimum absolute atomic E-state index is 0.331. The molecule has 3 nitrogen and oxygen atoms in total. The van der Waals surface area contributed by atoms with E-state index in [-0.39, 0.29) is 0 Å². The number of hydrogen-bond acceptors (Lipinski definition) is 2. The van der Waals surface area contributed by atoms with E-state index < -0.39 is 29.4 Å². The van der Waals surface area contributed by atoms with Crippen LogP contribution in [0.3, 0.4) is 0 Å². The summed E-state index contributed by atoms with van der Waals surface area (Å²) in [5, 5.41) is 3.48. The van der Waals surface area contributed by atoms with Crippen molar-refractivity contribution >= 4 is 28.1 Å². The number of benzene rings is 3. The monoisotopic (exact) mass is 512 g/mol. The first kappa shape index (κ1) is 25.7. The molecule has 9 heteroatoms. The number of pyridine rings is 1. The van der Waals surface area contributed by atoms with Gasteiger partial charge < -0.3 is 5.32 Å². The molecule has 1 heterocycles. The first-order chi connectivity index (χ1) is 17.5. The van der Waals surface area contributed by atoms with E-state index >= 15 is 0 Å². The predicted molar refractivity (Wildman–Crippen MR) is 129 cm³/mol. The molecule has 4 aromatic rings. The molecule has 1 aromatic heterocycles. The number of allylic oxidation sites excluding steroid dienone is 2. The number of amides is 1. The Morgan fingerprint density at radius 1 is 0.730 bits per heavy atom. The molecular formula is C28H18F6N2O. The van der Waals surface area contributed by atoms with Crippen molar-refractivity contribution in [2.45, 2.75) is 12.4 Å². The van der Waals surface area contributed by atoms with Crippen LogP contribution in [0.25, 0.3) is 16.5 Å². The van der Waals surface area contributed by atoms with Gasteiger partial charge in [-0.15, -0.1) is 0 Å². The molecule has 37 heavy (non-hydrogen) atoms. The van der Waals surface area contributed by atoms with Gasteiger partial charge in [-0.3, -0.25) is 9.78 Å². The number of nitrogens with one attached hydrogen (secondary N) is 1. The van der Waals surface area contributed by atoms with Gasteiger partial charge in [-0.05, 0) is 65.2 Å². The molecule has 0 aliphatic rings. The molecule has 1 amide bonds. The maximum absolute atomic E-state index is 13.0. The van der Waals surface area contributed by atoms with Gasteiger partial charge in [0.25, 0.3) is 0 Å². The van der Waals surface area contributed by atoms with Crippen molar-refractivity contribution in [2.75, 3.05) is 5.32 Å². The van der Waals surface area contributed by atoms with Crippen molar-refractivity contribution in [2.24, 2.45) is 0 Å². The van der Waals surface area contributed by atoms with Crippen LogP contribution in [0.15, 0.2) is 103 Å². The van der Waals surface area contributed by atoms with Gasteiger partial charge in [-0.25, -0.2) is 0 Å². The summed E-state index contributed by atoms with van der Waals surface area (Å²) in [5.41, 5.74) is 0.507. The van der Waals surface area contributed by atoms with Gasteiger partial charge in [0, 0.05) is 17.7 Å². The summed E-state index contributed by atoms with van der Waals surface area (Å²) in [5.74, 6) is -0.480. The number of rotatable bonds is 5. The summed E-state index contributed by atoms with van der Waals surface area (Å²) < 4.78 is 77.9. The number of aromatic nitrogens is 1. The minimum Gasteiger partial charge on any atom is -0.322 e. The Hall–Kier alpha value is -4.40. The topological polar surface area (TPSA) is 42.0 Å². The maximum atomic E-state index is 13.0. The molecule has 0 aliphatic heterocycles. The summed E-state index contributed by atoms with van der Waals surface area (Å²) >= 11 is 0. The lowest BCUT2D eigenvalue weighted by Gasteiger charge is -2.12. The number of anilines is 1. The van der Waals surface area contributed by atoms with E-state index in [4.69, 9.17) is 0 Å². The van der Waals surface area contributed by atoms with Crippen LogP contribution in [0.5, 0.6) is 0 Å². The van der Waals surface area contributed by atoms with Crippen molar-refractivity contribution in [3.63, 3.8) is 0 Å². The average Bonchev–Trinajstić information content (AvgIpc) is 2.86. The molecule has 0 saturated heterocycles. The quantitative estimate of drug-likeness (QED) is 0.168. The van der Waals surface area contributed by atoms with Gasteiger partial charge in [0.2, 0.25) is 5.91 Å². The van der Waals surface area contributed by atoms with Gasteiger partial charge in [-0.1, -0.05) is 42.5 Å². The fourth-order valence-electron chi connectivity index (χ4n) is 3.66. The highest BCUT2D eigenvalue weighted by atomic mass is 19.4.